The molecule has 5 heteroatoms. The third kappa shape index (κ3) is 7.37. The van der Waals surface area contributed by atoms with Gasteiger partial charge in [-0.1, -0.05) is 64.2 Å². The molecule has 27 heavy (non-hydrogen) atoms. The Morgan fingerprint density at radius 3 is 2.52 bits per heavy atom. The number of amides is 1. The Labute approximate surface area is 162 Å². The highest BCUT2D eigenvalue weighted by atomic mass is 16.5. The summed E-state index contributed by atoms with van der Waals surface area (Å²) >= 11 is 0. The van der Waals surface area contributed by atoms with Gasteiger partial charge in [-0.05, 0) is 25.0 Å². The Morgan fingerprint density at radius 1 is 1.04 bits per heavy atom. The molecular weight excluding hydrogens is 338 g/mol. The van der Waals surface area contributed by atoms with Crippen LogP contribution in [0.5, 0.6) is 5.88 Å². The van der Waals surface area contributed by atoms with E-state index in [0.717, 1.165) is 24.9 Å². The lowest BCUT2D eigenvalue weighted by Gasteiger charge is -2.13. The molecule has 0 N–H and O–H groups in total. The first kappa shape index (κ1) is 20.9. The van der Waals surface area contributed by atoms with Crippen molar-refractivity contribution >= 4 is 5.91 Å². The zero-order chi connectivity index (χ0) is 19.3. The van der Waals surface area contributed by atoms with Gasteiger partial charge in [0, 0.05) is 12.5 Å². The van der Waals surface area contributed by atoms with Gasteiger partial charge in [-0.15, -0.1) is 0 Å². The van der Waals surface area contributed by atoms with Gasteiger partial charge in [0.2, 0.25) is 11.8 Å². The molecule has 2 rings (SSSR count). The van der Waals surface area contributed by atoms with Gasteiger partial charge >= 0.3 is 0 Å². The summed E-state index contributed by atoms with van der Waals surface area (Å²) in [6, 6.07) is 11.6. The molecule has 0 bridgehead atoms. The highest BCUT2D eigenvalue weighted by Gasteiger charge is 2.06. The second kappa shape index (κ2) is 12.0. The molecule has 0 saturated carbocycles. The van der Waals surface area contributed by atoms with Crippen molar-refractivity contribution in [3.05, 3.63) is 48.0 Å². The van der Waals surface area contributed by atoms with Crippen molar-refractivity contribution in [3.63, 3.8) is 0 Å². The zero-order valence-corrected chi connectivity index (χ0v) is 16.6. The van der Waals surface area contributed by atoms with Crippen LogP contribution >= 0.6 is 0 Å². The van der Waals surface area contributed by atoms with E-state index >= 15 is 0 Å². The molecule has 0 aliphatic rings. The molecule has 1 amide bonds. The lowest BCUT2D eigenvalue weighted by atomic mass is 10.1. The van der Waals surface area contributed by atoms with E-state index in [1.54, 1.807) is 16.9 Å². The summed E-state index contributed by atoms with van der Waals surface area (Å²) in [5.41, 5.74) is 0.918. The highest BCUT2D eigenvalue weighted by Crippen LogP contribution is 2.15. The predicted molar refractivity (Wildman–Crippen MR) is 108 cm³/mol. The molecule has 1 heterocycles. The van der Waals surface area contributed by atoms with Gasteiger partial charge in [-0.25, -0.2) is 9.67 Å². The standard InChI is InChI=1S/C22H31N3O2/c1-3-5-6-7-8-12-16-27-22-17-19(24-21(26)13-4-2)18-23-25(22)20-14-10-9-11-15-20/h9-11,14-15,17-18H,3-8,12-13,16H2,1-2H3/b24-19+. The largest absolute Gasteiger partial charge is 0.478 e. The molecule has 5 nitrogen and oxygen atoms in total. The van der Waals surface area contributed by atoms with E-state index in [-0.39, 0.29) is 5.91 Å². The molecule has 0 spiro atoms. The van der Waals surface area contributed by atoms with Crippen molar-refractivity contribution in [2.45, 2.75) is 65.2 Å². The molecule has 0 saturated heterocycles. The monoisotopic (exact) mass is 369 g/mol. The van der Waals surface area contributed by atoms with Gasteiger partial charge in [0.15, 0.2) is 0 Å². The van der Waals surface area contributed by atoms with Crippen LogP contribution < -0.4 is 10.1 Å². The first-order valence-corrected chi connectivity index (χ1v) is 10.1. The van der Waals surface area contributed by atoms with Crippen molar-refractivity contribution in [3.8, 4) is 11.6 Å². The number of hydrogen-bond donors (Lipinski definition) is 0. The first-order chi connectivity index (χ1) is 13.2. The fourth-order valence-electron chi connectivity index (χ4n) is 2.80. The van der Waals surface area contributed by atoms with Crippen LogP contribution in [-0.2, 0) is 4.79 Å². The summed E-state index contributed by atoms with van der Waals surface area (Å²) in [5, 5.41) is 4.99. The van der Waals surface area contributed by atoms with Crippen LogP contribution in [0, 0.1) is 0 Å². The van der Waals surface area contributed by atoms with Crippen LogP contribution in [-0.4, -0.2) is 22.3 Å². The first-order valence-electron chi connectivity index (χ1n) is 10.1. The Balaban J connectivity index is 2.11. The van der Waals surface area contributed by atoms with Crippen LogP contribution in [0.1, 0.15) is 65.2 Å². The number of rotatable bonds is 11. The van der Waals surface area contributed by atoms with Crippen molar-refractivity contribution in [2.24, 2.45) is 4.99 Å². The number of benzene rings is 1. The lowest BCUT2D eigenvalue weighted by Crippen LogP contribution is -2.15. The lowest BCUT2D eigenvalue weighted by molar-refractivity contribution is -0.118. The van der Waals surface area contributed by atoms with Crippen molar-refractivity contribution in [1.29, 1.82) is 0 Å². The van der Waals surface area contributed by atoms with E-state index in [9.17, 15) is 4.79 Å². The number of hydrogen-bond acceptors (Lipinski definition) is 3. The summed E-state index contributed by atoms with van der Waals surface area (Å²) in [6.45, 7) is 4.82. The van der Waals surface area contributed by atoms with Gasteiger partial charge in [-0.3, -0.25) is 4.79 Å². The Bertz CT molecular complexity index is 754. The summed E-state index contributed by atoms with van der Waals surface area (Å²) in [4.78, 5) is 15.9. The van der Waals surface area contributed by atoms with E-state index in [2.05, 4.69) is 17.0 Å². The van der Waals surface area contributed by atoms with E-state index in [4.69, 9.17) is 4.74 Å². The molecule has 1 aromatic carbocycles. The van der Waals surface area contributed by atoms with Crippen LogP contribution in [0.2, 0.25) is 0 Å². The van der Waals surface area contributed by atoms with E-state index in [1.807, 2.05) is 37.3 Å². The minimum absolute atomic E-state index is 0.126. The second-order valence-electron chi connectivity index (χ2n) is 6.67. The number of carbonyl (C=O) groups excluding carboxylic acids is 1. The summed E-state index contributed by atoms with van der Waals surface area (Å²) < 4.78 is 7.76. The molecule has 0 atom stereocenters. The highest BCUT2D eigenvalue weighted by molar-refractivity contribution is 5.76. The smallest absolute Gasteiger partial charge is 0.246 e. The van der Waals surface area contributed by atoms with E-state index in [1.165, 1.54) is 25.7 Å². The predicted octanol–water partition coefficient (Wildman–Crippen LogP) is 4.84. The van der Waals surface area contributed by atoms with Crippen LogP contribution in [0.15, 0.2) is 47.6 Å². The maximum Gasteiger partial charge on any atom is 0.246 e. The number of aromatic nitrogens is 2. The SMILES string of the molecule is CCCCCCCCOc1c/c(=N\C(=O)CCC)cnn1-c1ccccc1. The number of unbranched alkanes of at least 4 members (excludes halogenated alkanes) is 5. The fraction of sp³-hybridized carbons (Fsp3) is 0.500. The van der Waals surface area contributed by atoms with Gasteiger partial charge < -0.3 is 4.74 Å². The topological polar surface area (TPSA) is 56.5 Å². The zero-order valence-electron chi connectivity index (χ0n) is 16.6. The molecule has 146 valence electrons. The van der Waals surface area contributed by atoms with Gasteiger partial charge in [-0.2, -0.15) is 5.10 Å². The molecular formula is C22H31N3O2. The number of para-hydroxylation sites is 1. The molecule has 2 aromatic rings. The van der Waals surface area contributed by atoms with Crippen molar-refractivity contribution in [2.75, 3.05) is 6.61 Å². The van der Waals surface area contributed by atoms with Gasteiger partial charge in [0.1, 0.15) is 0 Å². The summed E-state index contributed by atoms with van der Waals surface area (Å²) in [6.07, 6.45) is 10.1. The van der Waals surface area contributed by atoms with Crippen molar-refractivity contribution in [1.82, 2.24) is 9.78 Å². The van der Waals surface area contributed by atoms with E-state index in [0.29, 0.717) is 24.3 Å². The normalized spacial score (nSPS) is 11.6. The minimum Gasteiger partial charge on any atom is -0.478 e. The summed E-state index contributed by atoms with van der Waals surface area (Å²) in [7, 11) is 0. The molecule has 0 unspecified atom stereocenters. The number of carbonyl (C=O) groups is 1. The second-order valence-corrected chi connectivity index (χ2v) is 6.67. The molecule has 0 aliphatic carbocycles. The maximum absolute atomic E-state index is 11.8. The van der Waals surface area contributed by atoms with Gasteiger partial charge in [0.25, 0.3) is 0 Å². The summed E-state index contributed by atoms with van der Waals surface area (Å²) in [5.74, 6) is 0.485. The fourth-order valence-corrected chi connectivity index (χ4v) is 2.80. The average Bonchev–Trinajstić information content (AvgIpc) is 2.68. The Morgan fingerprint density at radius 2 is 1.78 bits per heavy atom. The van der Waals surface area contributed by atoms with Crippen LogP contribution in [0.3, 0.4) is 0 Å². The van der Waals surface area contributed by atoms with Crippen LogP contribution in [0.4, 0.5) is 0 Å². The average molecular weight is 370 g/mol. The Kier molecular flexibility index (Phi) is 9.31. The molecule has 0 aliphatic heterocycles. The third-order valence-corrected chi connectivity index (χ3v) is 4.25. The van der Waals surface area contributed by atoms with Gasteiger partial charge in [0.05, 0.1) is 23.8 Å². The van der Waals surface area contributed by atoms with E-state index < -0.39 is 0 Å². The maximum atomic E-state index is 11.8. The van der Waals surface area contributed by atoms with Crippen molar-refractivity contribution < 1.29 is 9.53 Å². The Hall–Kier alpha value is -2.43. The quantitative estimate of drug-likeness (QED) is 0.533. The number of ether oxygens (including phenoxy) is 1. The molecule has 0 fully saturated rings. The van der Waals surface area contributed by atoms with Crippen LogP contribution in [0.25, 0.3) is 5.69 Å². The molecule has 0 radical (unpaired) electrons. The minimum atomic E-state index is -0.126. The number of nitrogens with zero attached hydrogens (tertiary/aromatic N) is 3. The molecule has 1 aromatic heterocycles. The third-order valence-electron chi connectivity index (χ3n) is 4.25.